The van der Waals surface area contributed by atoms with Gasteiger partial charge >= 0.3 is 11.5 Å². The van der Waals surface area contributed by atoms with Gasteiger partial charge in [0.1, 0.15) is 0 Å². The second-order valence-corrected chi connectivity index (χ2v) is 2.38. The third-order valence-electron chi connectivity index (χ3n) is 1.48. The quantitative estimate of drug-likeness (QED) is 0.666. The van der Waals surface area contributed by atoms with E-state index in [1.54, 1.807) is 6.92 Å². The van der Waals surface area contributed by atoms with E-state index in [2.05, 4.69) is 9.84 Å². The number of ether oxygens (including phenoxy) is 1. The number of H-pyrrole nitrogens is 1. The zero-order valence-corrected chi connectivity index (χ0v) is 7.26. The molecule has 0 aromatic carbocycles. The van der Waals surface area contributed by atoms with E-state index in [9.17, 15) is 14.0 Å². The monoisotopic (exact) mass is 188 g/mol. The number of rotatable bonds is 2. The second-order valence-electron chi connectivity index (χ2n) is 2.38. The Morgan fingerprint density at radius 3 is 2.69 bits per heavy atom. The first kappa shape index (κ1) is 9.50. The summed E-state index contributed by atoms with van der Waals surface area (Å²) in [5.74, 6) is -1.96. The van der Waals surface area contributed by atoms with Gasteiger partial charge in [-0.1, -0.05) is 0 Å². The maximum atomic E-state index is 12.9. The molecule has 0 aliphatic heterocycles. The fourth-order valence-electron chi connectivity index (χ4n) is 0.938. The summed E-state index contributed by atoms with van der Waals surface area (Å²) in [6, 6.07) is 0. The number of carbonyl (C=O) groups is 1. The SMILES string of the molecule is CCOC(=O)c1c(F)c(=O)[nH]n1C. The van der Waals surface area contributed by atoms with Crippen molar-refractivity contribution in [1.82, 2.24) is 9.78 Å². The standard InChI is InChI=1S/C7H9FN2O3/c1-3-13-7(12)5-4(8)6(11)9-10(5)2/h3H2,1-2H3,(H,9,11). The van der Waals surface area contributed by atoms with Gasteiger partial charge in [0.2, 0.25) is 5.82 Å². The van der Waals surface area contributed by atoms with Crippen LogP contribution in [0.4, 0.5) is 4.39 Å². The fourth-order valence-corrected chi connectivity index (χ4v) is 0.938. The van der Waals surface area contributed by atoms with E-state index >= 15 is 0 Å². The molecule has 0 bridgehead atoms. The molecule has 0 saturated carbocycles. The fraction of sp³-hybridized carbons (Fsp3) is 0.429. The lowest BCUT2D eigenvalue weighted by atomic mass is 10.4. The van der Waals surface area contributed by atoms with E-state index in [0.29, 0.717) is 0 Å². The Labute approximate surface area is 73.1 Å². The molecule has 0 aliphatic carbocycles. The largest absolute Gasteiger partial charge is 0.461 e. The Hall–Kier alpha value is -1.59. The molecular formula is C7H9FN2O3. The summed E-state index contributed by atoms with van der Waals surface area (Å²) in [6.45, 7) is 1.73. The van der Waals surface area contributed by atoms with Crippen LogP contribution in [0.2, 0.25) is 0 Å². The number of aromatic amines is 1. The van der Waals surface area contributed by atoms with Crippen LogP contribution in [0.3, 0.4) is 0 Å². The molecule has 0 saturated heterocycles. The van der Waals surface area contributed by atoms with Crippen LogP contribution in [-0.4, -0.2) is 22.4 Å². The Kier molecular flexibility index (Phi) is 2.50. The Balaban J connectivity index is 3.13. The Morgan fingerprint density at radius 1 is 1.69 bits per heavy atom. The highest BCUT2D eigenvalue weighted by Crippen LogP contribution is 2.02. The molecule has 1 rings (SSSR count). The molecule has 0 atom stereocenters. The zero-order chi connectivity index (χ0) is 10.0. The van der Waals surface area contributed by atoms with Crippen LogP contribution >= 0.6 is 0 Å². The van der Waals surface area contributed by atoms with Gasteiger partial charge in [-0.3, -0.25) is 14.6 Å². The lowest BCUT2D eigenvalue weighted by Crippen LogP contribution is -2.12. The van der Waals surface area contributed by atoms with Crippen LogP contribution in [-0.2, 0) is 11.8 Å². The topological polar surface area (TPSA) is 64.1 Å². The molecule has 1 heterocycles. The first-order chi connectivity index (χ1) is 6.07. The van der Waals surface area contributed by atoms with Crippen molar-refractivity contribution in [3.63, 3.8) is 0 Å². The summed E-state index contributed by atoms with van der Waals surface area (Å²) in [7, 11) is 1.36. The van der Waals surface area contributed by atoms with Crippen molar-refractivity contribution in [1.29, 1.82) is 0 Å². The van der Waals surface area contributed by atoms with Crippen molar-refractivity contribution in [3.8, 4) is 0 Å². The predicted octanol–water partition coefficient (Wildman–Crippen LogP) is 0.0292. The first-order valence-corrected chi connectivity index (χ1v) is 3.69. The average Bonchev–Trinajstić information content (AvgIpc) is 2.27. The van der Waals surface area contributed by atoms with Gasteiger partial charge < -0.3 is 4.74 Å². The normalized spacial score (nSPS) is 10.1. The van der Waals surface area contributed by atoms with E-state index in [1.807, 2.05) is 0 Å². The minimum atomic E-state index is -1.11. The smallest absolute Gasteiger partial charge is 0.359 e. The van der Waals surface area contributed by atoms with Crippen molar-refractivity contribution < 1.29 is 13.9 Å². The third kappa shape index (κ3) is 1.61. The van der Waals surface area contributed by atoms with Gasteiger partial charge in [0.15, 0.2) is 5.69 Å². The van der Waals surface area contributed by atoms with Crippen LogP contribution in [0.15, 0.2) is 4.79 Å². The summed E-state index contributed by atoms with van der Waals surface area (Å²) in [6.07, 6.45) is 0. The molecule has 1 aromatic heterocycles. The molecule has 0 unspecified atom stereocenters. The van der Waals surface area contributed by atoms with E-state index in [0.717, 1.165) is 4.68 Å². The molecule has 6 heteroatoms. The van der Waals surface area contributed by atoms with Crippen LogP contribution in [0.5, 0.6) is 0 Å². The molecule has 0 amide bonds. The van der Waals surface area contributed by atoms with Crippen molar-refractivity contribution in [2.24, 2.45) is 7.05 Å². The predicted molar refractivity (Wildman–Crippen MR) is 41.9 cm³/mol. The highest BCUT2D eigenvalue weighted by Gasteiger charge is 2.20. The van der Waals surface area contributed by atoms with Crippen molar-refractivity contribution >= 4 is 5.97 Å². The first-order valence-electron chi connectivity index (χ1n) is 3.69. The maximum absolute atomic E-state index is 12.9. The number of halogens is 1. The highest BCUT2D eigenvalue weighted by atomic mass is 19.1. The number of hydrogen-bond acceptors (Lipinski definition) is 3. The minimum absolute atomic E-state index is 0.137. The summed E-state index contributed by atoms with van der Waals surface area (Å²) in [5, 5.41) is 2.10. The molecule has 1 N–H and O–H groups in total. The number of hydrogen-bond donors (Lipinski definition) is 1. The third-order valence-corrected chi connectivity index (χ3v) is 1.48. The van der Waals surface area contributed by atoms with Crippen LogP contribution in [0.1, 0.15) is 17.4 Å². The minimum Gasteiger partial charge on any atom is -0.461 e. The van der Waals surface area contributed by atoms with Gasteiger partial charge in [-0.25, -0.2) is 4.79 Å². The second kappa shape index (κ2) is 3.42. The maximum Gasteiger partial charge on any atom is 0.359 e. The molecule has 72 valence electrons. The number of aryl methyl sites for hydroxylation is 1. The van der Waals surface area contributed by atoms with E-state index in [-0.39, 0.29) is 12.3 Å². The molecule has 0 radical (unpaired) electrons. The van der Waals surface area contributed by atoms with Gasteiger partial charge in [0.05, 0.1) is 6.61 Å². The number of nitrogens with one attached hydrogen (secondary N) is 1. The molecule has 1 aromatic rings. The number of carbonyl (C=O) groups excluding carboxylic acids is 1. The van der Waals surface area contributed by atoms with Crippen LogP contribution in [0, 0.1) is 5.82 Å². The Morgan fingerprint density at radius 2 is 2.31 bits per heavy atom. The summed E-state index contributed by atoms with van der Waals surface area (Å²) >= 11 is 0. The molecule has 0 aliphatic rings. The van der Waals surface area contributed by atoms with Crippen molar-refractivity contribution in [2.45, 2.75) is 6.92 Å². The molecule has 0 fully saturated rings. The number of aromatic nitrogens is 2. The van der Waals surface area contributed by atoms with Gasteiger partial charge in [-0.05, 0) is 6.92 Å². The van der Waals surface area contributed by atoms with Crippen LogP contribution < -0.4 is 5.56 Å². The summed E-state index contributed by atoms with van der Waals surface area (Å²) in [4.78, 5) is 21.8. The molecule has 13 heavy (non-hydrogen) atoms. The zero-order valence-electron chi connectivity index (χ0n) is 7.26. The lowest BCUT2D eigenvalue weighted by Gasteiger charge is -2.00. The molecular weight excluding hydrogens is 179 g/mol. The average molecular weight is 188 g/mol. The van der Waals surface area contributed by atoms with Gasteiger partial charge in [-0.15, -0.1) is 0 Å². The summed E-state index contributed by atoms with van der Waals surface area (Å²) < 4.78 is 18.5. The van der Waals surface area contributed by atoms with Crippen LogP contribution in [0.25, 0.3) is 0 Å². The lowest BCUT2D eigenvalue weighted by molar-refractivity contribution is 0.0508. The van der Waals surface area contributed by atoms with Crippen molar-refractivity contribution in [2.75, 3.05) is 6.61 Å². The number of esters is 1. The van der Waals surface area contributed by atoms with E-state index < -0.39 is 17.3 Å². The highest BCUT2D eigenvalue weighted by molar-refractivity contribution is 5.87. The molecule has 5 nitrogen and oxygen atoms in total. The van der Waals surface area contributed by atoms with Gasteiger partial charge in [-0.2, -0.15) is 4.39 Å². The van der Waals surface area contributed by atoms with Gasteiger partial charge in [0.25, 0.3) is 0 Å². The van der Waals surface area contributed by atoms with Gasteiger partial charge in [0, 0.05) is 7.05 Å². The van der Waals surface area contributed by atoms with Crippen molar-refractivity contribution in [3.05, 3.63) is 21.9 Å². The summed E-state index contributed by atoms with van der Waals surface area (Å²) in [5.41, 5.74) is -1.31. The van der Waals surface area contributed by atoms with E-state index in [1.165, 1.54) is 7.05 Å². The molecule has 0 spiro atoms. The van der Waals surface area contributed by atoms with E-state index in [4.69, 9.17) is 0 Å². The Bertz CT molecular complexity index is 380. The number of nitrogens with zero attached hydrogens (tertiary/aromatic N) is 1.